The molecule has 1 aromatic rings. The summed E-state index contributed by atoms with van der Waals surface area (Å²) in [6.45, 7) is 1.68. The molecular formula is C9H11F2NO3. The van der Waals surface area contributed by atoms with Crippen molar-refractivity contribution >= 4 is 0 Å². The van der Waals surface area contributed by atoms with Crippen molar-refractivity contribution in [1.29, 1.82) is 0 Å². The van der Waals surface area contributed by atoms with Gasteiger partial charge in [0.2, 0.25) is 0 Å². The summed E-state index contributed by atoms with van der Waals surface area (Å²) in [6.07, 6.45) is 0. The van der Waals surface area contributed by atoms with Gasteiger partial charge in [0.05, 0.1) is 6.61 Å². The van der Waals surface area contributed by atoms with Gasteiger partial charge in [0, 0.05) is 11.8 Å². The van der Waals surface area contributed by atoms with Gasteiger partial charge >= 0.3 is 5.92 Å². The minimum absolute atomic E-state index is 0.0975. The highest BCUT2D eigenvalue weighted by Gasteiger charge is 2.43. The molecule has 0 aliphatic carbocycles. The summed E-state index contributed by atoms with van der Waals surface area (Å²) in [5.41, 5.74) is 0.324. The second kappa shape index (κ2) is 3.79. The molecule has 1 aromatic heterocycles. The van der Waals surface area contributed by atoms with Crippen molar-refractivity contribution in [1.82, 2.24) is 4.98 Å². The van der Waals surface area contributed by atoms with Crippen LogP contribution in [0.3, 0.4) is 0 Å². The van der Waals surface area contributed by atoms with Crippen LogP contribution >= 0.6 is 0 Å². The molecule has 0 fully saturated rings. The van der Waals surface area contributed by atoms with E-state index in [1.54, 1.807) is 6.92 Å². The molecule has 2 heterocycles. The first-order valence-electron chi connectivity index (χ1n) is 4.61. The van der Waals surface area contributed by atoms with E-state index in [1.165, 1.54) is 6.07 Å². The van der Waals surface area contributed by atoms with E-state index in [0.717, 1.165) is 0 Å². The van der Waals surface area contributed by atoms with Crippen LogP contribution in [0, 0.1) is 0 Å². The third-order valence-corrected chi connectivity index (χ3v) is 2.03. The van der Waals surface area contributed by atoms with Gasteiger partial charge in [-0.1, -0.05) is 0 Å². The smallest absolute Gasteiger partial charge is 0.324 e. The van der Waals surface area contributed by atoms with Crippen molar-refractivity contribution in [2.45, 2.75) is 19.5 Å². The molecule has 0 unspecified atom stereocenters. The summed E-state index contributed by atoms with van der Waals surface area (Å²) < 4.78 is 31.0. The molecule has 0 atom stereocenters. The highest BCUT2D eigenvalue weighted by Crippen LogP contribution is 2.41. The molecule has 15 heavy (non-hydrogen) atoms. The molecule has 1 aliphatic heterocycles. The van der Waals surface area contributed by atoms with Crippen molar-refractivity contribution in [3.05, 3.63) is 17.5 Å². The van der Waals surface area contributed by atoms with Crippen molar-refractivity contribution in [2.24, 2.45) is 0 Å². The van der Waals surface area contributed by atoms with Gasteiger partial charge in [-0.25, -0.2) is 9.78 Å². The molecule has 84 valence electrons. The Bertz CT molecular complexity index is 351. The first-order valence-corrected chi connectivity index (χ1v) is 4.61. The maximum absolute atomic E-state index is 13.1. The molecule has 1 aliphatic rings. The van der Waals surface area contributed by atoms with Crippen molar-refractivity contribution < 1.29 is 23.3 Å². The Morgan fingerprint density at radius 3 is 3.00 bits per heavy atom. The standard InChI is InChI=1S/C9H11F2NO3/c1-2-14-15-4-6-3-7-8(12-6)9(10,11)5-13-7/h3,12H,2,4-5H2,1H3. The van der Waals surface area contributed by atoms with Crippen LogP contribution in [0.25, 0.3) is 0 Å². The minimum atomic E-state index is -2.93. The highest BCUT2D eigenvalue weighted by atomic mass is 19.3. The fourth-order valence-electron chi connectivity index (χ4n) is 1.38. The van der Waals surface area contributed by atoms with Gasteiger partial charge in [-0.3, -0.25) is 0 Å². The minimum Gasteiger partial charge on any atom is -0.485 e. The number of ether oxygens (including phenoxy) is 1. The first-order chi connectivity index (χ1) is 7.13. The Morgan fingerprint density at radius 1 is 1.53 bits per heavy atom. The number of H-pyrrole nitrogens is 1. The van der Waals surface area contributed by atoms with Crippen LogP contribution in [-0.2, 0) is 22.3 Å². The van der Waals surface area contributed by atoms with Gasteiger partial charge < -0.3 is 9.72 Å². The largest absolute Gasteiger partial charge is 0.485 e. The number of halogens is 2. The van der Waals surface area contributed by atoms with Gasteiger partial charge in [0.25, 0.3) is 0 Å². The van der Waals surface area contributed by atoms with Crippen LogP contribution in [0.4, 0.5) is 8.78 Å². The second-order valence-corrected chi connectivity index (χ2v) is 3.20. The summed E-state index contributed by atoms with van der Waals surface area (Å²) in [6, 6.07) is 1.50. The molecule has 0 radical (unpaired) electrons. The third-order valence-electron chi connectivity index (χ3n) is 2.03. The fraction of sp³-hybridized carbons (Fsp3) is 0.556. The van der Waals surface area contributed by atoms with Gasteiger partial charge in [-0.15, -0.1) is 0 Å². The quantitative estimate of drug-likeness (QED) is 0.478. The number of hydrogen-bond acceptors (Lipinski definition) is 3. The number of hydrogen-bond donors (Lipinski definition) is 1. The van der Waals surface area contributed by atoms with E-state index in [4.69, 9.17) is 9.62 Å². The number of rotatable bonds is 4. The number of fused-ring (bicyclic) bond motifs is 1. The lowest BCUT2D eigenvalue weighted by Crippen LogP contribution is -2.16. The van der Waals surface area contributed by atoms with Crippen molar-refractivity contribution in [3.63, 3.8) is 0 Å². The Morgan fingerprint density at radius 2 is 2.33 bits per heavy atom. The maximum atomic E-state index is 13.1. The van der Waals surface area contributed by atoms with Gasteiger partial charge in [-0.05, 0) is 6.92 Å². The Balaban J connectivity index is 2.05. The van der Waals surface area contributed by atoms with Crippen LogP contribution in [0.15, 0.2) is 6.07 Å². The van der Waals surface area contributed by atoms with E-state index in [0.29, 0.717) is 12.3 Å². The Labute approximate surface area is 85.1 Å². The van der Waals surface area contributed by atoms with Crippen LogP contribution < -0.4 is 4.74 Å². The summed E-state index contributed by atoms with van der Waals surface area (Å²) in [5.74, 6) is -2.74. The molecular weight excluding hydrogens is 208 g/mol. The predicted molar refractivity (Wildman–Crippen MR) is 46.6 cm³/mol. The summed E-state index contributed by atoms with van der Waals surface area (Å²) >= 11 is 0. The lowest BCUT2D eigenvalue weighted by Gasteiger charge is -2.05. The second-order valence-electron chi connectivity index (χ2n) is 3.20. The molecule has 1 N–H and O–H groups in total. The molecule has 6 heteroatoms. The average Bonchev–Trinajstić information content (AvgIpc) is 2.69. The van der Waals surface area contributed by atoms with E-state index < -0.39 is 12.5 Å². The highest BCUT2D eigenvalue weighted by molar-refractivity contribution is 5.38. The molecule has 4 nitrogen and oxygen atoms in total. The molecule has 0 saturated heterocycles. The monoisotopic (exact) mass is 219 g/mol. The molecule has 0 aromatic carbocycles. The summed E-state index contributed by atoms with van der Waals surface area (Å²) in [7, 11) is 0. The Hall–Kier alpha value is -1.14. The molecule has 0 bridgehead atoms. The van der Waals surface area contributed by atoms with Crippen LogP contribution in [0.2, 0.25) is 0 Å². The van der Waals surface area contributed by atoms with E-state index in [1.807, 2.05) is 0 Å². The number of alkyl halides is 2. The maximum Gasteiger partial charge on any atom is 0.324 e. The van der Waals surface area contributed by atoms with Crippen LogP contribution in [0.5, 0.6) is 5.75 Å². The van der Waals surface area contributed by atoms with E-state index in [9.17, 15) is 8.78 Å². The average molecular weight is 219 g/mol. The van der Waals surface area contributed by atoms with Crippen LogP contribution in [-0.4, -0.2) is 18.2 Å². The van der Waals surface area contributed by atoms with Crippen molar-refractivity contribution in [2.75, 3.05) is 13.2 Å². The normalized spacial score (nSPS) is 17.5. The predicted octanol–water partition coefficient (Wildman–Crippen LogP) is 1.97. The summed E-state index contributed by atoms with van der Waals surface area (Å²) in [5, 5.41) is 0. The van der Waals surface area contributed by atoms with Crippen molar-refractivity contribution in [3.8, 4) is 5.75 Å². The van der Waals surface area contributed by atoms with E-state index in [2.05, 4.69) is 9.87 Å². The zero-order chi connectivity index (χ0) is 10.9. The summed E-state index contributed by atoms with van der Waals surface area (Å²) in [4.78, 5) is 11.9. The molecule has 2 rings (SSSR count). The molecule has 0 spiro atoms. The SMILES string of the molecule is CCOOCc1cc2c([nH]1)C(F)(F)CO2. The van der Waals surface area contributed by atoms with Gasteiger partial charge in [-0.2, -0.15) is 8.78 Å². The van der Waals surface area contributed by atoms with E-state index in [-0.39, 0.29) is 18.1 Å². The fourth-order valence-corrected chi connectivity index (χ4v) is 1.38. The first kappa shape index (κ1) is 10.4. The topological polar surface area (TPSA) is 43.5 Å². The number of aromatic amines is 1. The van der Waals surface area contributed by atoms with E-state index >= 15 is 0 Å². The number of nitrogens with one attached hydrogen (secondary N) is 1. The van der Waals surface area contributed by atoms with Gasteiger partial charge in [0.15, 0.2) is 6.61 Å². The number of aromatic nitrogens is 1. The zero-order valence-corrected chi connectivity index (χ0v) is 8.18. The molecule has 0 saturated carbocycles. The van der Waals surface area contributed by atoms with Gasteiger partial charge in [0.1, 0.15) is 18.1 Å². The lowest BCUT2D eigenvalue weighted by atomic mass is 10.3. The third kappa shape index (κ3) is 1.95. The molecule has 0 amide bonds. The lowest BCUT2D eigenvalue weighted by molar-refractivity contribution is -0.301. The zero-order valence-electron chi connectivity index (χ0n) is 8.18. The Kier molecular flexibility index (Phi) is 2.62. The van der Waals surface area contributed by atoms with Crippen LogP contribution in [0.1, 0.15) is 18.3 Å².